The van der Waals surface area contributed by atoms with Crippen LogP contribution in [0.4, 0.5) is 4.79 Å². The lowest BCUT2D eigenvalue weighted by Crippen LogP contribution is -2.50. The highest BCUT2D eigenvalue weighted by molar-refractivity contribution is 5.76. The van der Waals surface area contributed by atoms with Crippen LogP contribution in [-0.2, 0) is 4.79 Å². The van der Waals surface area contributed by atoms with E-state index in [2.05, 4.69) is 5.32 Å². The molecule has 0 aromatic heterocycles. The SMILES string of the molecule is CCCN(C)C(=O)NC(C)(C)CC(=O)O. The number of carbonyl (C=O) groups is 2. The number of carboxylic acid groups (broad SMARTS) is 1. The van der Waals surface area contributed by atoms with Crippen LogP contribution >= 0.6 is 0 Å². The molecule has 5 heteroatoms. The Bertz CT molecular complexity index is 239. The van der Waals surface area contributed by atoms with Gasteiger partial charge in [0.1, 0.15) is 0 Å². The van der Waals surface area contributed by atoms with Crippen LogP contribution < -0.4 is 5.32 Å². The number of urea groups is 1. The van der Waals surface area contributed by atoms with Gasteiger partial charge in [0.05, 0.1) is 6.42 Å². The Balaban J connectivity index is 4.20. The maximum atomic E-state index is 11.6. The summed E-state index contributed by atoms with van der Waals surface area (Å²) in [5, 5.41) is 11.3. The summed E-state index contributed by atoms with van der Waals surface area (Å²) < 4.78 is 0. The molecular formula is C10H20N2O3. The van der Waals surface area contributed by atoms with Gasteiger partial charge in [0, 0.05) is 19.1 Å². The molecule has 0 fully saturated rings. The first-order valence-electron chi connectivity index (χ1n) is 5.03. The lowest BCUT2D eigenvalue weighted by atomic mass is 10.0. The van der Waals surface area contributed by atoms with Crippen molar-refractivity contribution in [1.29, 1.82) is 0 Å². The van der Waals surface area contributed by atoms with Crippen LogP contribution in [0.5, 0.6) is 0 Å². The van der Waals surface area contributed by atoms with Crippen molar-refractivity contribution in [2.45, 2.75) is 39.2 Å². The van der Waals surface area contributed by atoms with E-state index >= 15 is 0 Å². The van der Waals surface area contributed by atoms with E-state index in [1.165, 1.54) is 0 Å². The lowest BCUT2D eigenvalue weighted by molar-refractivity contribution is -0.138. The molecule has 0 saturated heterocycles. The highest BCUT2D eigenvalue weighted by Crippen LogP contribution is 2.08. The summed E-state index contributed by atoms with van der Waals surface area (Å²) in [5.41, 5.74) is -0.717. The van der Waals surface area contributed by atoms with Crippen LogP contribution in [0, 0.1) is 0 Å². The molecule has 0 radical (unpaired) electrons. The average Bonchev–Trinajstić information content (AvgIpc) is 2.00. The molecule has 0 unspecified atom stereocenters. The minimum atomic E-state index is -0.918. The molecule has 0 atom stereocenters. The Kier molecular flexibility index (Phi) is 5.11. The molecule has 88 valence electrons. The Morgan fingerprint density at radius 1 is 1.40 bits per heavy atom. The van der Waals surface area contributed by atoms with Gasteiger partial charge in [-0.05, 0) is 20.3 Å². The van der Waals surface area contributed by atoms with Crippen molar-refractivity contribution in [3.63, 3.8) is 0 Å². The van der Waals surface area contributed by atoms with Crippen LogP contribution in [-0.4, -0.2) is 41.1 Å². The molecule has 0 aromatic rings. The van der Waals surface area contributed by atoms with E-state index < -0.39 is 11.5 Å². The van der Waals surface area contributed by atoms with E-state index in [4.69, 9.17) is 5.11 Å². The fourth-order valence-corrected chi connectivity index (χ4v) is 1.24. The molecule has 2 amide bonds. The van der Waals surface area contributed by atoms with Crippen LogP contribution in [0.3, 0.4) is 0 Å². The number of hydrogen-bond donors (Lipinski definition) is 2. The van der Waals surface area contributed by atoms with E-state index in [0.29, 0.717) is 6.54 Å². The zero-order valence-corrected chi connectivity index (χ0v) is 9.83. The fourth-order valence-electron chi connectivity index (χ4n) is 1.24. The quantitative estimate of drug-likeness (QED) is 0.727. The molecule has 0 heterocycles. The number of hydrogen-bond acceptors (Lipinski definition) is 2. The number of amides is 2. The molecule has 0 aliphatic rings. The molecule has 15 heavy (non-hydrogen) atoms. The number of nitrogens with one attached hydrogen (secondary N) is 1. The third kappa shape index (κ3) is 5.93. The smallest absolute Gasteiger partial charge is 0.317 e. The summed E-state index contributed by atoms with van der Waals surface area (Å²) in [6, 6.07) is -0.233. The van der Waals surface area contributed by atoms with Crippen molar-refractivity contribution < 1.29 is 14.7 Å². The number of carboxylic acids is 1. The largest absolute Gasteiger partial charge is 0.481 e. The monoisotopic (exact) mass is 216 g/mol. The normalized spacial score (nSPS) is 10.9. The van der Waals surface area contributed by atoms with Gasteiger partial charge in [-0.3, -0.25) is 4.79 Å². The van der Waals surface area contributed by atoms with Crippen LogP contribution in [0.2, 0.25) is 0 Å². The van der Waals surface area contributed by atoms with Gasteiger partial charge in [-0.1, -0.05) is 6.92 Å². The number of carbonyl (C=O) groups excluding carboxylic acids is 1. The number of aliphatic carboxylic acids is 1. The molecule has 2 N–H and O–H groups in total. The molecule has 0 bridgehead atoms. The fraction of sp³-hybridized carbons (Fsp3) is 0.800. The van der Waals surface area contributed by atoms with Gasteiger partial charge >= 0.3 is 12.0 Å². The summed E-state index contributed by atoms with van der Waals surface area (Å²) in [7, 11) is 1.69. The third-order valence-corrected chi connectivity index (χ3v) is 1.94. The first-order valence-corrected chi connectivity index (χ1v) is 5.03. The summed E-state index contributed by atoms with van der Waals surface area (Å²) in [5.74, 6) is -0.918. The highest BCUT2D eigenvalue weighted by Gasteiger charge is 2.24. The Labute approximate surface area is 90.5 Å². The number of nitrogens with zero attached hydrogens (tertiary/aromatic N) is 1. The summed E-state index contributed by atoms with van der Waals surface area (Å²) in [6.45, 7) is 6.03. The van der Waals surface area contributed by atoms with Gasteiger partial charge in [0.2, 0.25) is 0 Å². The summed E-state index contributed by atoms with van der Waals surface area (Å²) in [6.07, 6.45) is 0.794. The first-order chi connectivity index (χ1) is 6.78. The second kappa shape index (κ2) is 5.58. The topological polar surface area (TPSA) is 69.6 Å². The maximum absolute atomic E-state index is 11.6. The molecular weight excluding hydrogens is 196 g/mol. The molecule has 0 aromatic carbocycles. The van der Waals surface area contributed by atoms with Crippen molar-refractivity contribution in [3.8, 4) is 0 Å². The van der Waals surface area contributed by atoms with Gasteiger partial charge in [-0.25, -0.2) is 4.79 Å². The molecule has 0 saturated carbocycles. The first kappa shape index (κ1) is 13.7. The standard InChI is InChI=1S/C10H20N2O3/c1-5-6-12(4)9(15)11-10(2,3)7-8(13)14/h5-7H2,1-4H3,(H,11,15)(H,13,14). The Morgan fingerprint density at radius 3 is 2.33 bits per heavy atom. The van der Waals surface area contributed by atoms with Gasteiger partial charge < -0.3 is 15.3 Å². The van der Waals surface area contributed by atoms with E-state index in [1.54, 1.807) is 25.8 Å². The Morgan fingerprint density at radius 2 is 1.93 bits per heavy atom. The zero-order chi connectivity index (χ0) is 12.1. The predicted molar refractivity (Wildman–Crippen MR) is 57.8 cm³/mol. The van der Waals surface area contributed by atoms with Crippen LogP contribution in [0.25, 0.3) is 0 Å². The Hall–Kier alpha value is -1.26. The molecule has 0 spiro atoms. The van der Waals surface area contributed by atoms with E-state index in [1.807, 2.05) is 6.92 Å². The van der Waals surface area contributed by atoms with Gasteiger partial charge in [-0.2, -0.15) is 0 Å². The molecule has 0 aliphatic heterocycles. The van der Waals surface area contributed by atoms with Crippen LogP contribution in [0.15, 0.2) is 0 Å². The summed E-state index contributed by atoms with van der Waals surface area (Å²) >= 11 is 0. The average molecular weight is 216 g/mol. The maximum Gasteiger partial charge on any atom is 0.317 e. The van der Waals surface area contributed by atoms with E-state index in [9.17, 15) is 9.59 Å². The zero-order valence-electron chi connectivity index (χ0n) is 9.83. The molecule has 0 aliphatic carbocycles. The summed E-state index contributed by atoms with van der Waals surface area (Å²) in [4.78, 5) is 23.6. The van der Waals surface area contributed by atoms with Crippen molar-refractivity contribution in [1.82, 2.24) is 10.2 Å². The van der Waals surface area contributed by atoms with Crippen molar-refractivity contribution in [2.75, 3.05) is 13.6 Å². The third-order valence-electron chi connectivity index (χ3n) is 1.94. The van der Waals surface area contributed by atoms with E-state index in [-0.39, 0.29) is 12.5 Å². The van der Waals surface area contributed by atoms with Crippen molar-refractivity contribution in [3.05, 3.63) is 0 Å². The van der Waals surface area contributed by atoms with Crippen molar-refractivity contribution >= 4 is 12.0 Å². The second-order valence-electron chi connectivity index (χ2n) is 4.31. The molecule has 0 rings (SSSR count). The van der Waals surface area contributed by atoms with Gasteiger partial charge in [0.15, 0.2) is 0 Å². The molecule has 5 nitrogen and oxygen atoms in total. The van der Waals surface area contributed by atoms with Gasteiger partial charge in [0.25, 0.3) is 0 Å². The highest BCUT2D eigenvalue weighted by atomic mass is 16.4. The minimum Gasteiger partial charge on any atom is -0.481 e. The van der Waals surface area contributed by atoms with Gasteiger partial charge in [-0.15, -0.1) is 0 Å². The number of rotatable bonds is 5. The predicted octanol–water partition coefficient (Wildman–Crippen LogP) is 1.29. The van der Waals surface area contributed by atoms with Crippen molar-refractivity contribution in [2.24, 2.45) is 0 Å². The lowest BCUT2D eigenvalue weighted by Gasteiger charge is -2.27. The second-order valence-corrected chi connectivity index (χ2v) is 4.31. The van der Waals surface area contributed by atoms with Crippen LogP contribution in [0.1, 0.15) is 33.6 Å². The minimum absolute atomic E-state index is 0.0846. The van der Waals surface area contributed by atoms with E-state index in [0.717, 1.165) is 6.42 Å².